The number of hydrogen-bond donors (Lipinski definition) is 0. The first kappa shape index (κ1) is 22.3. The molecule has 180 valence electrons. The average molecular weight is 521 g/mol. The molecule has 0 heterocycles. The third kappa shape index (κ3) is 3.08. The van der Waals surface area contributed by atoms with Crippen LogP contribution < -0.4 is 0 Å². The number of benzene rings is 8. The SMILES string of the molecule is CSc1c(C=Cc2cc3ccc4cccc5ccc(c2SC)c3c45)cc2ccc3cccc4ccc1c2c34. The highest BCUT2D eigenvalue weighted by Crippen LogP contribution is 2.43. The summed E-state index contributed by atoms with van der Waals surface area (Å²) >= 11 is 3.69. The molecule has 0 aliphatic rings. The fraction of sp³-hybridized carbons (Fsp3) is 0.0556. The summed E-state index contributed by atoms with van der Waals surface area (Å²) in [6.45, 7) is 0. The van der Waals surface area contributed by atoms with Crippen LogP contribution in [0.4, 0.5) is 0 Å². The lowest BCUT2D eigenvalue weighted by Gasteiger charge is -2.16. The number of thioether (sulfide) groups is 2. The molecule has 0 aliphatic heterocycles. The molecule has 0 spiro atoms. The Morgan fingerprint density at radius 3 is 1.18 bits per heavy atom. The van der Waals surface area contributed by atoms with E-state index in [2.05, 4.69) is 122 Å². The smallest absolute Gasteiger partial charge is 0.0221 e. The average Bonchev–Trinajstić information content (AvgIpc) is 2.97. The molecule has 2 heteroatoms. The minimum absolute atomic E-state index is 1.28. The molecule has 0 nitrogen and oxygen atoms in total. The Morgan fingerprint density at radius 1 is 0.421 bits per heavy atom. The van der Waals surface area contributed by atoms with Gasteiger partial charge < -0.3 is 0 Å². The zero-order valence-corrected chi connectivity index (χ0v) is 22.8. The second kappa shape index (κ2) is 8.39. The fourth-order valence-corrected chi connectivity index (χ4v) is 8.00. The van der Waals surface area contributed by atoms with Crippen LogP contribution >= 0.6 is 23.5 Å². The van der Waals surface area contributed by atoms with Crippen molar-refractivity contribution in [3.8, 4) is 0 Å². The van der Waals surface area contributed by atoms with Crippen molar-refractivity contribution in [1.29, 1.82) is 0 Å². The molecule has 0 fully saturated rings. The molecule has 8 aromatic rings. The van der Waals surface area contributed by atoms with Crippen molar-refractivity contribution in [2.45, 2.75) is 9.79 Å². The van der Waals surface area contributed by atoms with Gasteiger partial charge in [0.15, 0.2) is 0 Å². The maximum atomic E-state index is 2.38. The number of rotatable bonds is 4. The van der Waals surface area contributed by atoms with E-state index in [1.165, 1.54) is 85.6 Å². The van der Waals surface area contributed by atoms with E-state index >= 15 is 0 Å². The van der Waals surface area contributed by atoms with Crippen LogP contribution in [0.1, 0.15) is 11.1 Å². The molecule has 8 rings (SSSR count). The predicted octanol–water partition coefficient (Wildman–Crippen LogP) is 11.1. The Bertz CT molecular complexity index is 2010. The molecule has 0 atom stereocenters. The van der Waals surface area contributed by atoms with Gasteiger partial charge in [-0.3, -0.25) is 0 Å². The predicted molar refractivity (Wildman–Crippen MR) is 173 cm³/mol. The summed E-state index contributed by atoms with van der Waals surface area (Å²) in [5.41, 5.74) is 2.56. The van der Waals surface area contributed by atoms with Gasteiger partial charge >= 0.3 is 0 Å². The molecule has 0 aliphatic carbocycles. The van der Waals surface area contributed by atoms with E-state index in [1.807, 2.05) is 23.5 Å². The summed E-state index contributed by atoms with van der Waals surface area (Å²) in [6.07, 6.45) is 9.05. The van der Waals surface area contributed by atoms with Crippen LogP contribution in [0.5, 0.6) is 0 Å². The van der Waals surface area contributed by atoms with E-state index in [-0.39, 0.29) is 0 Å². The molecule has 0 unspecified atom stereocenters. The van der Waals surface area contributed by atoms with Crippen molar-refractivity contribution in [1.82, 2.24) is 0 Å². The van der Waals surface area contributed by atoms with E-state index in [9.17, 15) is 0 Å². The van der Waals surface area contributed by atoms with E-state index in [0.29, 0.717) is 0 Å². The molecule has 0 aromatic heterocycles. The molecule has 0 saturated carbocycles. The summed E-state index contributed by atoms with van der Waals surface area (Å²) in [7, 11) is 0. The minimum Gasteiger partial charge on any atom is -0.128 e. The van der Waals surface area contributed by atoms with E-state index in [1.54, 1.807) is 0 Å². The second-order valence-electron chi connectivity index (χ2n) is 10.0. The third-order valence-corrected chi connectivity index (χ3v) is 9.83. The van der Waals surface area contributed by atoms with E-state index < -0.39 is 0 Å². The number of hydrogen-bond acceptors (Lipinski definition) is 2. The van der Waals surface area contributed by atoms with Crippen LogP contribution in [0.25, 0.3) is 76.8 Å². The van der Waals surface area contributed by atoms with Crippen LogP contribution in [0, 0.1) is 0 Å². The third-order valence-electron chi connectivity index (χ3n) is 8.10. The highest BCUT2D eigenvalue weighted by molar-refractivity contribution is 7.99. The van der Waals surface area contributed by atoms with Crippen molar-refractivity contribution in [2.24, 2.45) is 0 Å². The standard InChI is InChI=1S/C36H24S2/c1-37-35-27(19-25-11-9-21-5-3-7-23-15-17-29(35)33(25)31(21)23)13-14-28-20-26-12-10-22-6-4-8-24-16-18-30(36(28)38-2)34(26)32(22)24/h3-20H,1-2H3. The highest BCUT2D eigenvalue weighted by Gasteiger charge is 2.15. The molecule has 38 heavy (non-hydrogen) atoms. The largest absolute Gasteiger partial charge is 0.128 e. The summed E-state index contributed by atoms with van der Waals surface area (Å²) in [6, 6.07) is 36.3. The summed E-state index contributed by atoms with van der Waals surface area (Å²) in [5, 5.41) is 16.1. The van der Waals surface area contributed by atoms with Gasteiger partial charge in [-0.15, -0.1) is 23.5 Å². The lowest BCUT2D eigenvalue weighted by Crippen LogP contribution is -1.90. The van der Waals surface area contributed by atoms with E-state index in [4.69, 9.17) is 0 Å². The molecular weight excluding hydrogens is 497 g/mol. The molecule has 0 amide bonds. The maximum Gasteiger partial charge on any atom is 0.0221 e. The van der Waals surface area contributed by atoms with Crippen LogP contribution in [0.3, 0.4) is 0 Å². The molecule has 8 aromatic carbocycles. The van der Waals surface area contributed by atoms with Gasteiger partial charge in [-0.1, -0.05) is 97.1 Å². The van der Waals surface area contributed by atoms with Gasteiger partial charge in [0.25, 0.3) is 0 Å². The topological polar surface area (TPSA) is 0 Å². The maximum absolute atomic E-state index is 2.38. The first-order valence-corrected chi connectivity index (χ1v) is 15.4. The fourth-order valence-electron chi connectivity index (χ4n) is 6.50. The molecule has 0 radical (unpaired) electrons. The van der Waals surface area contributed by atoms with Gasteiger partial charge in [-0.2, -0.15) is 0 Å². The zero-order valence-electron chi connectivity index (χ0n) is 21.2. The molecular formula is C36H24S2. The summed E-state index contributed by atoms with van der Waals surface area (Å²) in [5.74, 6) is 0. The van der Waals surface area contributed by atoms with Crippen molar-refractivity contribution in [2.75, 3.05) is 12.5 Å². The first-order valence-electron chi connectivity index (χ1n) is 12.9. The van der Waals surface area contributed by atoms with Crippen LogP contribution in [0.2, 0.25) is 0 Å². The van der Waals surface area contributed by atoms with Crippen LogP contribution in [-0.4, -0.2) is 12.5 Å². The Labute approximate surface area is 230 Å². The Balaban J connectivity index is 1.36. The molecule has 0 N–H and O–H groups in total. The second-order valence-corrected chi connectivity index (χ2v) is 11.7. The monoisotopic (exact) mass is 520 g/mol. The van der Waals surface area contributed by atoms with Crippen molar-refractivity contribution < 1.29 is 0 Å². The van der Waals surface area contributed by atoms with Crippen LogP contribution in [0.15, 0.2) is 107 Å². The lowest BCUT2D eigenvalue weighted by atomic mass is 9.92. The van der Waals surface area contributed by atoms with E-state index in [0.717, 1.165) is 0 Å². The lowest BCUT2D eigenvalue weighted by molar-refractivity contribution is 1.51. The summed E-state index contributed by atoms with van der Waals surface area (Å²) < 4.78 is 0. The quantitative estimate of drug-likeness (QED) is 0.129. The van der Waals surface area contributed by atoms with Gasteiger partial charge in [-0.05, 0) is 100 Å². The Hall–Kier alpha value is -3.72. The van der Waals surface area contributed by atoms with Gasteiger partial charge in [0.2, 0.25) is 0 Å². The Morgan fingerprint density at radius 2 is 0.789 bits per heavy atom. The van der Waals surface area contributed by atoms with Crippen molar-refractivity contribution >= 4 is 100 Å². The van der Waals surface area contributed by atoms with Gasteiger partial charge in [0.05, 0.1) is 0 Å². The minimum atomic E-state index is 1.28. The van der Waals surface area contributed by atoms with Gasteiger partial charge in [0, 0.05) is 9.79 Å². The van der Waals surface area contributed by atoms with Gasteiger partial charge in [-0.25, -0.2) is 0 Å². The van der Waals surface area contributed by atoms with Crippen LogP contribution in [-0.2, 0) is 0 Å². The molecule has 0 saturated heterocycles. The van der Waals surface area contributed by atoms with Crippen molar-refractivity contribution in [3.05, 3.63) is 108 Å². The first-order chi connectivity index (χ1) is 18.7. The summed E-state index contributed by atoms with van der Waals surface area (Å²) in [4.78, 5) is 2.69. The molecule has 0 bridgehead atoms. The zero-order chi connectivity index (χ0) is 25.4. The highest BCUT2D eigenvalue weighted by atomic mass is 32.2. The Kier molecular flexibility index (Phi) is 4.92. The van der Waals surface area contributed by atoms with Crippen molar-refractivity contribution in [3.63, 3.8) is 0 Å². The normalized spacial score (nSPS) is 12.6. The van der Waals surface area contributed by atoms with Gasteiger partial charge in [0.1, 0.15) is 0 Å².